The van der Waals surface area contributed by atoms with Gasteiger partial charge >= 0.3 is 0 Å². The molecular formula is C16H24BrNO2. The number of amides is 1. The first-order valence-electron chi connectivity index (χ1n) is 7.26. The van der Waals surface area contributed by atoms with Crippen LogP contribution in [0.25, 0.3) is 0 Å². The molecule has 0 spiro atoms. The molecule has 0 saturated heterocycles. The van der Waals surface area contributed by atoms with E-state index in [0.29, 0.717) is 5.56 Å². The van der Waals surface area contributed by atoms with Gasteiger partial charge in [0.25, 0.3) is 5.91 Å². The second-order valence-corrected chi connectivity index (χ2v) is 5.80. The molecule has 0 aromatic heterocycles. The smallest absolute Gasteiger partial charge is 0.251 e. The van der Waals surface area contributed by atoms with Crippen molar-refractivity contribution in [2.75, 3.05) is 7.11 Å². The van der Waals surface area contributed by atoms with Gasteiger partial charge in [-0.05, 0) is 47.0 Å². The quantitative estimate of drug-likeness (QED) is 0.753. The molecule has 0 aliphatic carbocycles. The highest BCUT2D eigenvalue weighted by Gasteiger charge is 2.14. The fourth-order valence-corrected chi connectivity index (χ4v) is 2.70. The van der Waals surface area contributed by atoms with Gasteiger partial charge in [0.15, 0.2) is 0 Å². The van der Waals surface area contributed by atoms with Gasteiger partial charge < -0.3 is 10.1 Å². The molecule has 1 N–H and O–H groups in total. The normalized spacial score (nSPS) is 12.0. The Kier molecular flexibility index (Phi) is 7.67. The fraction of sp³-hybridized carbons (Fsp3) is 0.562. The zero-order valence-corrected chi connectivity index (χ0v) is 14.1. The Morgan fingerprint density at radius 3 is 2.60 bits per heavy atom. The van der Waals surface area contributed by atoms with E-state index in [2.05, 4.69) is 35.1 Å². The van der Waals surface area contributed by atoms with Crippen molar-refractivity contribution in [3.05, 3.63) is 28.2 Å². The van der Waals surface area contributed by atoms with Gasteiger partial charge in [-0.2, -0.15) is 0 Å². The first kappa shape index (κ1) is 17.0. The van der Waals surface area contributed by atoms with Crippen LogP contribution in [0, 0.1) is 0 Å². The number of rotatable bonds is 8. The number of benzene rings is 1. The lowest BCUT2D eigenvalue weighted by Crippen LogP contribution is -2.34. The van der Waals surface area contributed by atoms with Crippen LogP contribution in [0.15, 0.2) is 22.7 Å². The van der Waals surface area contributed by atoms with Gasteiger partial charge in [0, 0.05) is 11.6 Å². The maximum atomic E-state index is 12.3. The highest BCUT2D eigenvalue weighted by Crippen LogP contribution is 2.25. The van der Waals surface area contributed by atoms with E-state index >= 15 is 0 Å². The molecule has 1 amide bonds. The van der Waals surface area contributed by atoms with Gasteiger partial charge in [0.2, 0.25) is 0 Å². The number of hydrogen-bond donors (Lipinski definition) is 1. The van der Waals surface area contributed by atoms with E-state index in [4.69, 9.17) is 4.74 Å². The Labute approximate surface area is 130 Å². The van der Waals surface area contributed by atoms with Gasteiger partial charge in [0.05, 0.1) is 11.6 Å². The largest absolute Gasteiger partial charge is 0.496 e. The number of unbranched alkanes of at least 4 members (excludes halogenated alkanes) is 1. The summed E-state index contributed by atoms with van der Waals surface area (Å²) in [5, 5.41) is 3.13. The van der Waals surface area contributed by atoms with Crippen molar-refractivity contribution in [3.8, 4) is 5.75 Å². The van der Waals surface area contributed by atoms with E-state index in [1.807, 2.05) is 0 Å². The zero-order valence-electron chi connectivity index (χ0n) is 12.5. The minimum atomic E-state index is -0.0112. The van der Waals surface area contributed by atoms with Crippen LogP contribution in [-0.2, 0) is 0 Å². The summed E-state index contributed by atoms with van der Waals surface area (Å²) in [5.41, 5.74) is 0.662. The van der Waals surface area contributed by atoms with Gasteiger partial charge in [-0.1, -0.05) is 33.1 Å². The Balaban J connectivity index is 2.70. The Bertz CT molecular complexity index is 434. The average Bonchev–Trinajstić information content (AvgIpc) is 2.44. The van der Waals surface area contributed by atoms with Gasteiger partial charge in [-0.3, -0.25) is 4.79 Å². The third-order valence-corrected chi connectivity index (χ3v) is 3.91. The van der Waals surface area contributed by atoms with Gasteiger partial charge in [-0.25, -0.2) is 0 Å². The number of ether oxygens (including phenoxy) is 1. The Hall–Kier alpha value is -1.03. The van der Waals surface area contributed by atoms with Crippen molar-refractivity contribution < 1.29 is 9.53 Å². The second kappa shape index (κ2) is 9.01. The van der Waals surface area contributed by atoms with E-state index in [1.165, 1.54) is 0 Å². The molecule has 0 saturated carbocycles. The van der Waals surface area contributed by atoms with E-state index in [0.717, 1.165) is 42.3 Å². The van der Waals surface area contributed by atoms with Crippen LogP contribution in [0.4, 0.5) is 0 Å². The van der Waals surface area contributed by atoms with Crippen molar-refractivity contribution in [2.24, 2.45) is 0 Å². The molecule has 1 aromatic rings. The first-order valence-corrected chi connectivity index (χ1v) is 8.06. The molecule has 1 aromatic carbocycles. The standard InChI is InChI=1S/C16H24BrNO2/c1-4-6-8-13(7-5-2)18-16(19)12-9-10-15(20-3)14(17)11-12/h9-11,13H,4-8H2,1-3H3,(H,18,19). The summed E-state index contributed by atoms with van der Waals surface area (Å²) in [7, 11) is 1.61. The number of carbonyl (C=O) groups is 1. The molecule has 1 rings (SSSR count). The van der Waals surface area contributed by atoms with Crippen LogP contribution < -0.4 is 10.1 Å². The average molecular weight is 342 g/mol. The van der Waals surface area contributed by atoms with E-state index in [-0.39, 0.29) is 11.9 Å². The van der Waals surface area contributed by atoms with Crippen LogP contribution in [0.3, 0.4) is 0 Å². The first-order chi connectivity index (χ1) is 9.62. The summed E-state index contributed by atoms with van der Waals surface area (Å²) in [5.74, 6) is 0.723. The van der Waals surface area contributed by atoms with E-state index in [9.17, 15) is 4.79 Å². The number of methoxy groups -OCH3 is 1. The molecule has 1 unspecified atom stereocenters. The summed E-state index contributed by atoms with van der Waals surface area (Å²) in [6, 6.07) is 5.67. The molecule has 0 fully saturated rings. The number of hydrogen-bond acceptors (Lipinski definition) is 2. The molecule has 1 atom stereocenters. The highest BCUT2D eigenvalue weighted by molar-refractivity contribution is 9.10. The van der Waals surface area contributed by atoms with Crippen LogP contribution >= 0.6 is 15.9 Å². The number of carbonyl (C=O) groups excluding carboxylic acids is 1. The molecule has 4 heteroatoms. The highest BCUT2D eigenvalue weighted by atomic mass is 79.9. The summed E-state index contributed by atoms with van der Waals surface area (Å²) >= 11 is 3.41. The molecule has 0 heterocycles. The molecule has 0 aliphatic rings. The Morgan fingerprint density at radius 1 is 1.30 bits per heavy atom. The fourth-order valence-electron chi connectivity index (χ4n) is 2.16. The minimum absolute atomic E-state index is 0.0112. The van der Waals surface area contributed by atoms with Crippen molar-refractivity contribution in [2.45, 2.75) is 52.0 Å². The molecule has 112 valence electrons. The summed E-state index contributed by atoms with van der Waals surface area (Å²) in [4.78, 5) is 12.3. The summed E-state index contributed by atoms with van der Waals surface area (Å²) in [6.45, 7) is 4.32. The van der Waals surface area contributed by atoms with Crippen molar-refractivity contribution in [3.63, 3.8) is 0 Å². The summed E-state index contributed by atoms with van der Waals surface area (Å²) in [6.07, 6.45) is 5.47. The SMILES string of the molecule is CCCCC(CCC)NC(=O)c1ccc(OC)c(Br)c1. The maximum absolute atomic E-state index is 12.3. The zero-order chi connectivity index (χ0) is 15.0. The lowest BCUT2D eigenvalue weighted by atomic mass is 10.0. The van der Waals surface area contributed by atoms with Crippen molar-refractivity contribution >= 4 is 21.8 Å². The minimum Gasteiger partial charge on any atom is -0.496 e. The van der Waals surface area contributed by atoms with E-state index < -0.39 is 0 Å². The molecule has 0 radical (unpaired) electrons. The van der Waals surface area contributed by atoms with Crippen LogP contribution in [0.2, 0.25) is 0 Å². The molecule has 0 bridgehead atoms. The second-order valence-electron chi connectivity index (χ2n) is 4.95. The van der Waals surface area contributed by atoms with E-state index in [1.54, 1.807) is 25.3 Å². The van der Waals surface area contributed by atoms with Crippen LogP contribution in [0.5, 0.6) is 5.75 Å². The topological polar surface area (TPSA) is 38.3 Å². The number of halogens is 1. The lowest BCUT2D eigenvalue weighted by molar-refractivity contribution is 0.0932. The summed E-state index contributed by atoms with van der Waals surface area (Å²) < 4.78 is 5.97. The molecular weight excluding hydrogens is 318 g/mol. The predicted molar refractivity (Wildman–Crippen MR) is 86.4 cm³/mol. The van der Waals surface area contributed by atoms with Gasteiger partial charge in [-0.15, -0.1) is 0 Å². The van der Waals surface area contributed by atoms with Gasteiger partial charge in [0.1, 0.15) is 5.75 Å². The maximum Gasteiger partial charge on any atom is 0.251 e. The monoisotopic (exact) mass is 341 g/mol. The Morgan fingerprint density at radius 2 is 2.05 bits per heavy atom. The molecule has 0 aliphatic heterocycles. The lowest BCUT2D eigenvalue weighted by Gasteiger charge is -2.18. The van der Waals surface area contributed by atoms with Crippen molar-refractivity contribution in [1.29, 1.82) is 0 Å². The van der Waals surface area contributed by atoms with Crippen LogP contribution in [-0.4, -0.2) is 19.1 Å². The molecule has 20 heavy (non-hydrogen) atoms. The number of nitrogens with one attached hydrogen (secondary N) is 1. The molecule has 3 nitrogen and oxygen atoms in total. The predicted octanol–water partition coefficient (Wildman–Crippen LogP) is 4.55. The third-order valence-electron chi connectivity index (χ3n) is 3.29. The van der Waals surface area contributed by atoms with Crippen molar-refractivity contribution in [1.82, 2.24) is 5.32 Å². The third kappa shape index (κ3) is 5.16. The van der Waals surface area contributed by atoms with Crippen LogP contribution in [0.1, 0.15) is 56.3 Å².